The molecule has 6 heteroatoms. The molecule has 1 atom stereocenters. The Morgan fingerprint density at radius 2 is 1.86 bits per heavy atom. The molecule has 2 aromatic carbocycles. The van der Waals surface area contributed by atoms with Crippen LogP contribution >= 0.6 is 24.0 Å². The Morgan fingerprint density at radius 3 is 2.54 bits per heavy atom. The first kappa shape index (κ1) is 22.5. The van der Waals surface area contributed by atoms with Gasteiger partial charge in [-0.05, 0) is 37.5 Å². The lowest BCUT2D eigenvalue weighted by Gasteiger charge is -2.33. The fourth-order valence-corrected chi connectivity index (χ4v) is 3.81. The van der Waals surface area contributed by atoms with Crippen molar-refractivity contribution in [3.63, 3.8) is 0 Å². The molecule has 1 saturated carbocycles. The number of hydrogen-bond acceptors (Lipinski definition) is 3. The van der Waals surface area contributed by atoms with Gasteiger partial charge in [0.15, 0.2) is 5.96 Å². The summed E-state index contributed by atoms with van der Waals surface area (Å²) in [6.07, 6.45) is 4.71. The largest absolute Gasteiger partial charge is 0.497 e. The topological polar surface area (TPSA) is 71.7 Å². The van der Waals surface area contributed by atoms with Gasteiger partial charge in [-0.1, -0.05) is 49.2 Å². The van der Waals surface area contributed by atoms with Gasteiger partial charge < -0.3 is 21.1 Å². The van der Waals surface area contributed by atoms with Gasteiger partial charge in [0.1, 0.15) is 5.75 Å². The SMILES string of the molecule is COc1cccc(NC(N)=NCC2(NC(C)c3ccccc3)CCCC2)c1.I. The molecule has 0 aliphatic heterocycles. The standard InChI is InChI=1S/C22H30N4O.HI/c1-17(18-9-4-3-5-10-18)26-22(13-6-7-14-22)16-24-21(23)25-19-11-8-12-20(15-19)27-2;/h3-5,8-12,15,17,26H,6-7,13-14,16H2,1-2H3,(H3,23,24,25);1H. The summed E-state index contributed by atoms with van der Waals surface area (Å²) in [5, 5.41) is 7.00. The normalized spacial score (nSPS) is 16.9. The highest BCUT2D eigenvalue weighted by molar-refractivity contribution is 14.0. The Morgan fingerprint density at radius 1 is 1.14 bits per heavy atom. The maximum absolute atomic E-state index is 6.15. The summed E-state index contributed by atoms with van der Waals surface area (Å²) >= 11 is 0. The van der Waals surface area contributed by atoms with Crippen molar-refractivity contribution in [2.45, 2.75) is 44.2 Å². The van der Waals surface area contributed by atoms with Crippen molar-refractivity contribution in [3.8, 4) is 5.75 Å². The summed E-state index contributed by atoms with van der Waals surface area (Å²) in [4.78, 5) is 4.66. The molecule has 1 aliphatic carbocycles. The number of rotatable bonds is 7. The second kappa shape index (κ2) is 10.7. The number of hydrogen-bond donors (Lipinski definition) is 3. The molecule has 0 amide bonds. The number of anilines is 1. The molecule has 1 unspecified atom stereocenters. The van der Waals surface area contributed by atoms with E-state index in [0.29, 0.717) is 12.5 Å². The number of nitrogens with zero attached hydrogens (tertiary/aromatic N) is 1. The molecule has 5 nitrogen and oxygen atoms in total. The molecule has 152 valence electrons. The van der Waals surface area contributed by atoms with Crippen molar-refractivity contribution in [2.24, 2.45) is 10.7 Å². The van der Waals surface area contributed by atoms with Gasteiger partial charge in [-0.2, -0.15) is 0 Å². The molecular formula is C22H31IN4O. The van der Waals surface area contributed by atoms with Crippen LogP contribution in [0.4, 0.5) is 5.69 Å². The summed E-state index contributed by atoms with van der Waals surface area (Å²) in [7, 11) is 1.65. The van der Waals surface area contributed by atoms with Crippen LogP contribution in [0.25, 0.3) is 0 Å². The maximum atomic E-state index is 6.15. The van der Waals surface area contributed by atoms with Crippen LogP contribution in [0.15, 0.2) is 59.6 Å². The lowest BCUT2D eigenvalue weighted by atomic mass is 9.95. The van der Waals surface area contributed by atoms with Gasteiger partial charge in [-0.25, -0.2) is 0 Å². The predicted octanol–water partition coefficient (Wildman–Crippen LogP) is 4.70. The zero-order valence-corrected chi connectivity index (χ0v) is 19.0. The second-order valence-corrected chi connectivity index (χ2v) is 7.32. The van der Waals surface area contributed by atoms with Crippen LogP contribution in [0.5, 0.6) is 5.75 Å². The van der Waals surface area contributed by atoms with Crippen LogP contribution in [0.1, 0.15) is 44.2 Å². The zero-order chi connectivity index (χ0) is 19.1. The zero-order valence-electron chi connectivity index (χ0n) is 16.7. The van der Waals surface area contributed by atoms with Crippen LogP contribution < -0.4 is 21.1 Å². The quantitative estimate of drug-likeness (QED) is 0.297. The molecule has 0 spiro atoms. The number of aliphatic imine (C=N–C) groups is 1. The van der Waals surface area contributed by atoms with E-state index in [1.54, 1.807) is 7.11 Å². The van der Waals surface area contributed by atoms with E-state index in [2.05, 4.69) is 52.9 Å². The number of guanidine groups is 1. The Labute approximate surface area is 185 Å². The van der Waals surface area contributed by atoms with E-state index in [1.807, 2.05) is 24.3 Å². The van der Waals surface area contributed by atoms with E-state index >= 15 is 0 Å². The minimum absolute atomic E-state index is 0. The van der Waals surface area contributed by atoms with Crippen LogP contribution in [-0.4, -0.2) is 25.2 Å². The van der Waals surface area contributed by atoms with Crippen LogP contribution in [0.2, 0.25) is 0 Å². The smallest absolute Gasteiger partial charge is 0.193 e. The summed E-state index contributed by atoms with van der Waals surface area (Å²) in [5.74, 6) is 1.22. The third kappa shape index (κ3) is 6.10. The van der Waals surface area contributed by atoms with Crippen molar-refractivity contribution in [3.05, 3.63) is 60.2 Å². The van der Waals surface area contributed by atoms with Crippen LogP contribution in [-0.2, 0) is 0 Å². The van der Waals surface area contributed by atoms with Crippen molar-refractivity contribution >= 4 is 35.6 Å². The van der Waals surface area contributed by atoms with E-state index in [0.717, 1.165) is 24.3 Å². The molecule has 28 heavy (non-hydrogen) atoms. The first-order valence-corrected chi connectivity index (χ1v) is 9.64. The fourth-order valence-electron chi connectivity index (χ4n) is 3.81. The highest BCUT2D eigenvalue weighted by Crippen LogP contribution is 2.32. The van der Waals surface area contributed by atoms with Gasteiger partial charge in [0.05, 0.1) is 13.7 Å². The highest BCUT2D eigenvalue weighted by Gasteiger charge is 2.34. The molecule has 0 saturated heterocycles. The molecule has 0 bridgehead atoms. The minimum atomic E-state index is 0. The van der Waals surface area contributed by atoms with Crippen LogP contribution in [0.3, 0.4) is 0 Å². The van der Waals surface area contributed by atoms with Gasteiger partial charge >= 0.3 is 0 Å². The van der Waals surface area contributed by atoms with E-state index < -0.39 is 0 Å². The van der Waals surface area contributed by atoms with Gasteiger partial charge in [-0.15, -0.1) is 24.0 Å². The minimum Gasteiger partial charge on any atom is -0.497 e. The molecule has 0 aromatic heterocycles. The lowest BCUT2D eigenvalue weighted by Crippen LogP contribution is -2.47. The molecule has 1 fully saturated rings. The number of ether oxygens (including phenoxy) is 1. The third-order valence-electron chi connectivity index (χ3n) is 5.28. The van der Waals surface area contributed by atoms with E-state index in [1.165, 1.54) is 18.4 Å². The summed E-state index contributed by atoms with van der Waals surface area (Å²) in [6.45, 7) is 2.89. The molecule has 2 aromatic rings. The predicted molar refractivity (Wildman–Crippen MR) is 128 cm³/mol. The fraction of sp³-hybridized carbons (Fsp3) is 0.409. The van der Waals surface area contributed by atoms with E-state index in [4.69, 9.17) is 10.5 Å². The maximum Gasteiger partial charge on any atom is 0.193 e. The number of methoxy groups -OCH3 is 1. The third-order valence-corrected chi connectivity index (χ3v) is 5.28. The van der Waals surface area contributed by atoms with Crippen LogP contribution in [0, 0.1) is 0 Å². The van der Waals surface area contributed by atoms with Gasteiger partial charge in [0.25, 0.3) is 0 Å². The summed E-state index contributed by atoms with van der Waals surface area (Å²) in [6, 6.07) is 18.5. The molecule has 0 radical (unpaired) electrons. The van der Waals surface area contributed by atoms with Crippen molar-refractivity contribution in [2.75, 3.05) is 19.0 Å². The van der Waals surface area contributed by atoms with E-state index in [9.17, 15) is 0 Å². The van der Waals surface area contributed by atoms with Crippen molar-refractivity contribution < 1.29 is 4.74 Å². The van der Waals surface area contributed by atoms with E-state index in [-0.39, 0.29) is 35.6 Å². The average molecular weight is 494 g/mol. The second-order valence-electron chi connectivity index (χ2n) is 7.32. The van der Waals surface area contributed by atoms with Gasteiger partial charge in [0, 0.05) is 23.3 Å². The number of benzene rings is 2. The number of halogens is 1. The lowest BCUT2D eigenvalue weighted by molar-refractivity contribution is 0.308. The Hall–Kier alpha value is -1.80. The first-order chi connectivity index (χ1) is 13.1. The highest BCUT2D eigenvalue weighted by atomic mass is 127. The average Bonchev–Trinajstić information content (AvgIpc) is 3.16. The number of nitrogens with one attached hydrogen (secondary N) is 2. The Balaban J connectivity index is 0.00000280. The molecule has 0 heterocycles. The molecule has 3 rings (SSSR count). The number of nitrogens with two attached hydrogens (primary N) is 1. The Bertz CT molecular complexity index is 760. The summed E-state index contributed by atoms with van der Waals surface area (Å²) in [5.41, 5.74) is 8.33. The van der Waals surface area contributed by atoms with Crippen molar-refractivity contribution in [1.29, 1.82) is 0 Å². The summed E-state index contributed by atoms with van der Waals surface area (Å²) < 4.78 is 5.25. The molecular weight excluding hydrogens is 463 g/mol. The monoisotopic (exact) mass is 494 g/mol. The van der Waals surface area contributed by atoms with Gasteiger partial charge in [-0.3, -0.25) is 4.99 Å². The molecule has 1 aliphatic rings. The van der Waals surface area contributed by atoms with Gasteiger partial charge in [0.2, 0.25) is 0 Å². The first-order valence-electron chi connectivity index (χ1n) is 9.64. The molecule has 4 N–H and O–H groups in total. The Kier molecular flexibility index (Phi) is 8.57. The van der Waals surface area contributed by atoms with Crippen molar-refractivity contribution in [1.82, 2.24) is 5.32 Å².